The quantitative estimate of drug-likeness (QED) is 0.799. The summed E-state index contributed by atoms with van der Waals surface area (Å²) in [6.07, 6.45) is 0. The summed E-state index contributed by atoms with van der Waals surface area (Å²) in [6.45, 7) is 0.297. The van der Waals surface area contributed by atoms with Gasteiger partial charge in [0.1, 0.15) is 0 Å². The van der Waals surface area contributed by atoms with Crippen LogP contribution in [0.1, 0.15) is 0 Å². The Morgan fingerprint density at radius 1 is 1.59 bits per heavy atom. The molecule has 0 unspecified atom stereocenters. The van der Waals surface area contributed by atoms with Crippen molar-refractivity contribution in [1.29, 1.82) is 0 Å². The predicted octanol–water partition coefficient (Wildman–Crippen LogP) is 1.06. The molecule has 0 aliphatic carbocycles. The maximum absolute atomic E-state index is 11.3. The highest BCUT2D eigenvalue weighted by atomic mass is 32.1. The Morgan fingerprint density at radius 3 is 3.06 bits per heavy atom. The number of thiazole rings is 1. The van der Waals surface area contributed by atoms with Crippen molar-refractivity contribution in [1.82, 2.24) is 10.3 Å². The van der Waals surface area contributed by atoms with Gasteiger partial charge in [-0.05, 0) is 18.2 Å². The van der Waals surface area contributed by atoms with Gasteiger partial charge in [0.25, 0.3) is 0 Å². The summed E-state index contributed by atoms with van der Waals surface area (Å²) in [5.41, 5.74) is 7.34. The summed E-state index contributed by atoms with van der Waals surface area (Å²) in [7, 11) is 3.46. The maximum atomic E-state index is 11.3. The number of benzene rings is 1. The number of carbonyl (C=O) groups is 1. The molecular weight excluding hydrogens is 236 g/mol. The molecule has 1 heterocycles. The first-order chi connectivity index (χ1) is 8.10. The molecule has 2 aromatic rings. The van der Waals surface area contributed by atoms with Crippen molar-refractivity contribution in [3.8, 4) is 0 Å². The molecule has 0 saturated heterocycles. The third-order valence-electron chi connectivity index (χ3n) is 2.39. The standard InChI is InChI=1S/C11H14N4OS/c1-13-10(16)6-15(2)11-14-8-4-3-7(12)5-9(8)17-11/h3-5H,6,12H2,1-2H3,(H,13,16). The molecule has 2 rings (SSSR count). The molecule has 1 amide bonds. The van der Waals surface area contributed by atoms with E-state index in [0.717, 1.165) is 21.0 Å². The molecule has 3 N–H and O–H groups in total. The van der Waals surface area contributed by atoms with Crippen LogP contribution in [0.25, 0.3) is 10.2 Å². The highest BCUT2D eigenvalue weighted by Gasteiger charge is 2.11. The summed E-state index contributed by atoms with van der Waals surface area (Å²) >= 11 is 1.53. The largest absolute Gasteiger partial charge is 0.399 e. The number of nitrogens with two attached hydrogens (primary N) is 1. The number of hydrogen-bond acceptors (Lipinski definition) is 5. The Kier molecular flexibility index (Phi) is 3.14. The lowest BCUT2D eigenvalue weighted by Gasteiger charge is -2.13. The summed E-state index contributed by atoms with van der Waals surface area (Å²) < 4.78 is 1.03. The van der Waals surface area contributed by atoms with Crippen LogP contribution in [0.4, 0.5) is 10.8 Å². The van der Waals surface area contributed by atoms with Gasteiger partial charge < -0.3 is 16.0 Å². The lowest BCUT2D eigenvalue weighted by molar-refractivity contribution is -0.119. The number of fused-ring (bicyclic) bond motifs is 1. The fraction of sp³-hybridized carbons (Fsp3) is 0.273. The molecule has 1 aromatic carbocycles. The van der Waals surface area contributed by atoms with Crippen molar-refractivity contribution in [3.63, 3.8) is 0 Å². The van der Waals surface area contributed by atoms with Gasteiger partial charge >= 0.3 is 0 Å². The molecule has 0 atom stereocenters. The van der Waals surface area contributed by atoms with Gasteiger partial charge in [0.2, 0.25) is 5.91 Å². The van der Waals surface area contributed by atoms with Gasteiger partial charge in [0.05, 0.1) is 16.8 Å². The molecule has 0 radical (unpaired) electrons. The van der Waals surface area contributed by atoms with E-state index in [-0.39, 0.29) is 5.91 Å². The van der Waals surface area contributed by atoms with Crippen molar-refractivity contribution < 1.29 is 4.79 Å². The molecule has 0 fully saturated rings. The molecular formula is C11H14N4OS. The van der Waals surface area contributed by atoms with Gasteiger partial charge in [-0.1, -0.05) is 11.3 Å². The molecule has 0 spiro atoms. The minimum Gasteiger partial charge on any atom is -0.399 e. The first-order valence-electron chi connectivity index (χ1n) is 5.18. The molecule has 0 aliphatic heterocycles. The minimum absolute atomic E-state index is 0.0359. The highest BCUT2D eigenvalue weighted by Crippen LogP contribution is 2.29. The Morgan fingerprint density at radius 2 is 2.35 bits per heavy atom. The molecule has 1 aromatic heterocycles. The average molecular weight is 250 g/mol. The number of nitrogens with zero attached hydrogens (tertiary/aromatic N) is 2. The van der Waals surface area contributed by atoms with Crippen molar-refractivity contribution in [3.05, 3.63) is 18.2 Å². The van der Waals surface area contributed by atoms with Gasteiger partial charge in [-0.2, -0.15) is 0 Å². The number of hydrogen-bond donors (Lipinski definition) is 2. The van der Waals surface area contributed by atoms with Gasteiger partial charge in [-0.15, -0.1) is 0 Å². The van der Waals surface area contributed by atoms with E-state index in [2.05, 4.69) is 10.3 Å². The average Bonchev–Trinajstić information content (AvgIpc) is 2.71. The fourth-order valence-electron chi connectivity index (χ4n) is 1.45. The summed E-state index contributed by atoms with van der Waals surface area (Å²) in [6, 6.07) is 5.60. The molecule has 0 saturated carbocycles. The lowest BCUT2D eigenvalue weighted by atomic mass is 10.3. The third kappa shape index (κ3) is 2.47. The van der Waals surface area contributed by atoms with Crippen molar-refractivity contribution >= 4 is 38.3 Å². The number of anilines is 2. The number of nitrogens with one attached hydrogen (secondary N) is 1. The van der Waals surface area contributed by atoms with E-state index in [1.54, 1.807) is 7.05 Å². The van der Waals surface area contributed by atoms with Crippen LogP contribution in [0, 0.1) is 0 Å². The van der Waals surface area contributed by atoms with Crippen LogP contribution in [0.3, 0.4) is 0 Å². The molecule has 0 aliphatic rings. The van der Waals surface area contributed by atoms with Gasteiger partial charge in [-0.3, -0.25) is 4.79 Å². The number of aromatic nitrogens is 1. The van der Waals surface area contributed by atoms with Crippen LogP contribution in [0.5, 0.6) is 0 Å². The van der Waals surface area contributed by atoms with E-state index in [4.69, 9.17) is 5.73 Å². The summed E-state index contributed by atoms with van der Waals surface area (Å²) in [5.74, 6) is -0.0359. The summed E-state index contributed by atoms with van der Waals surface area (Å²) in [4.78, 5) is 17.5. The van der Waals surface area contributed by atoms with E-state index in [1.807, 2.05) is 30.1 Å². The van der Waals surface area contributed by atoms with Crippen LogP contribution in [-0.4, -0.2) is 31.5 Å². The third-order valence-corrected chi connectivity index (χ3v) is 3.52. The zero-order chi connectivity index (χ0) is 12.4. The zero-order valence-electron chi connectivity index (χ0n) is 9.73. The maximum Gasteiger partial charge on any atom is 0.239 e. The zero-order valence-corrected chi connectivity index (χ0v) is 10.5. The highest BCUT2D eigenvalue weighted by molar-refractivity contribution is 7.22. The van der Waals surface area contributed by atoms with Crippen LogP contribution in [-0.2, 0) is 4.79 Å². The first-order valence-corrected chi connectivity index (χ1v) is 5.99. The van der Waals surface area contributed by atoms with E-state index in [9.17, 15) is 4.79 Å². The molecule has 6 heteroatoms. The molecule has 5 nitrogen and oxygen atoms in total. The van der Waals surface area contributed by atoms with Crippen LogP contribution < -0.4 is 16.0 Å². The van der Waals surface area contributed by atoms with Crippen LogP contribution in [0.2, 0.25) is 0 Å². The van der Waals surface area contributed by atoms with Gasteiger partial charge in [0, 0.05) is 19.8 Å². The molecule has 0 bridgehead atoms. The van der Waals surface area contributed by atoms with Crippen molar-refractivity contribution in [2.75, 3.05) is 31.3 Å². The second-order valence-electron chi connectivity index (χ2n) is 3.75. The first kappa shape index (κ1) is 11.7. The fourth-order valence-corrected chi connectivity index (χ4v) is 2.43. The number of likely N-dealkylation sites (N-methyl/N-ethyl adjacent to an activating group) is 2. The van der Waals surface area contributed by atoms with E-state index in [0.29, 0.717) is 6.54 Å². The van der Waals surface area contributed by atoms with Gasteiger partial charge in [0.15, 0.2) is 5.13 Å². The number of carbonyl (C=O) groups excluding carboxylic acids is 1. The normalized spacial score (nSPS) is 10.5. The molecule has 90 valence electrons. The van der Waals surface area contributed by atoms with E-state index in [1.165, 1.54) is 11.3 Å². The van der Waals surface area contributed by atoms with Crippen LogP contribution in [0.15, 0.2) is 18.2 Å². The smallest absolute Gasteiger partial charge is 0.239 e. The topological polar surface area (TPSA) is 71.2 Å². The van der Waals surface area contributed by atoms with E-state index < -0.39 is 0 Å². The second-order valence-corrected chi connectivity index (χ2v) is 4.76. The monoisotopic (exact) mass is 250 g/mol. The summed E-state index contributed by atoms with van der Waals surface area (Å²) in [5, 5.41) is 3.40. The van der Waals surface area contributed by atoms with E-state index >= 15 is 0 Å². The second kappa shape index (κ2) is 4.58. The van der Waals surface area contributed by atoms with Gasteiger partial charge in [-0.25, -0.2) is 4.98 Å². The Labute approximate surface area is 103 Å². The van der Waals surface area contributed by atoms with Crippen LogP contribution >= 0.6 is 11.3 Å². The Balaban J connectivity index is 2.27. The Bertz CT molecular complexity index is 551. The van der Waals surface area contributed by atoms with Crippen molar-refractivity contribution in [2.24, 2.45) is 0 Å². The van der Waals surface area contributed by atoms with Crippen molar-refractivity contribution in [2.45, 2.75) is 0 Å². The lowest BCUT2D eigenvalue weighted by Crippen LogP contribution is -2.32. The minimum atomic E-state index is -0.0359. The Hall–Kier alpha value is -1.82. The predicted molar refractivity (Wildman–Crippen MR) is 71.4 cm³/mol. The SMILES string of the molecule is CNC(=O)CN(C)c1nc2ccc(N)cc2s1. The number of rotatable bonds is 3. The number of nitrogen functional groups attached to an aromatic ring is 1. The number of amides is 1. The molecule has 17 heavy (non-hydrogen) atoms.